The molecule has 4 heteroatoms. The highest BCUT2D eigenvalue weighted by Crippen LogP contribution is 2.27. The molecule has 0 radical (unpaired) electrons. The van der Waals surface area contributed by atoms with E-state index >= 15 is 0 Å². The van der Waals surface area contributed by atoms with Crippen molar-refractivity contribution in [2.45, 2.75) is 25.7 Å². The minimum atomic E-state index is -0.304. The Balaban J connectivity index is 2.23. The molecule has 1 aliphatic rings. The topological polar surface area (TPSA) is 51.2 Å². The summed E-state index contributed by atoms with van der Waals surface area (Å²) in [4.78, 5) is 16.0. The number of rotatable bonds is 3. The van der Waals surface area contributed by atoms with Gasteiger partial charge < -0.3 is 10.1 Å². The minimum absolute atomic E-state index is 0.304. The lowest BCUT2D eigenvalue weighted by Gasteiger charge is -2.23. The van der Waals surface area contributed by atoms with Crippen molar-refractivity contribution in [1.29, 1.82) is 0 Å². The SMILES string of the molecule is CCOC(=O)c1ncccc1C1CCNCC1. The summed E-state index contributed by atoms with van der Waals surface area (Å²) in [6, 6.07) is 3.88. The van der Waals surface area contributed by atoms with E-state index in [1.54, 1.807) is 6.20 Å². The maximum atomic E-state index is 11.8. The van der Waals surface area contributed by atoms with E-state index in [1.165, 1.54) is 0 Å². The Morgan fingerprint density at radius 1 is 1.53 bits per heavy atom. The maximum absolute atomic E-state index is 11.8. The highest BCUT2D eigenvalue weighted by atomic mass is 16.5. The predicted molar refractivity (Wildman–Crippen MR) is 65.0 cm³/mol. The van der Waals surface area contributed by atoms with Gasteiger partial charge in [-0.2, -0.15) is 0 Å². The summed E-state index contributed by atoms with van der Waals surface area (Å²) in [5, 5.41) is 3.32. The molecule has 2 rings (SSSR count). The molecule has 0 aromatic carbocycles. The molecule has 0 amide bonds. The summed E-state index contributed by atoms with van der Waals surface area (Å²) >= 11 is 0. The molecule has 0 aliphatic carbocycles. The Morgan fingerprint density at radius 3 is 3.00 bits per heavy atom. The molecule has 1 aromatic heterocycles. The third-order valence-corrected chi connectivity index (χ3v) is 3.09. The van der Waals surface area contributed by atoms with Crippen LogP contribution in [0, 0.1) is 0 Å². The molecule has 0 bridgehead atoms. The van der Waals surface area contributed by atoms with Crippen LogP contribution in [-0.2, 0) is 4.74 Å². The molecular weight excluding hydrogens is 216 g/mol. The van der Waals surface area contributed by atoms with E-state index in [4.69, 9.17) is 4.74 Å². The van der Waals surface area contributed by atoms with Gasteiger partial charge in [0.1, 0.15) is 0 Å². The molecule has 1 saturated heterocycles. The van der Waals surface area contributed by atoms with Gasteiger partial charge >= 0.3 is 5.97 Å². The van der Waals surface area contributed by atoms with Crippen molar-refractivity contribution < 1.29 is 9.53 Å². The number of hydrogen-bond acceptors (Lipinski definition) is 4. The number of carbonyl (C=O) groups excluding carboxylic acids is 1. The standard InChI is InChI=1S/C13H18N2O2/c1-2-17-13(16)12-11(4-3-7-15-12)10-5-8-14-9-6-10/h3-4,7,10,14H,2,5-6,8-9H2,1H3. The number of aromatic nitrogens is 1. The Hall–Kier alpha value is -1.42. The number of hydrogen-bond donors (Lipinski definition) is 1. The highest BCUT2D eigenvalue weighted by Gasteiger charge is 2.22. The fraction of sp³-hybridized carbons (Fsp3) is 0.538. The number of pyridine rings is 1. The summed E-state index contributed by atoms with van der Waals surface area (Å²) in [6.07, 6.45) is 3.76. The quantitative estimate of drug-likeness (QED) is 0.809. The molecule has 17 heavy (non-hydrogen) atoms. The fourth-order valence-corrected chi connectivity index (χ4v) is 2.25. The van der Waals surface area contributed by atoms with Gasteiger partial charge in [-0.1, -0.05) is 6.07 Å². The second-order valence-electron chi connectivity index (χ2n) is 4.19. The minimum Gasteiger partial charge on any atom is -0.461 e. The van der Waals surface area contributed by atoms with Crippen molar-refractivity contribution in [1.82, 2.24) is 10.3 Å². The zero-order valence-electron chi connectivity index (χ0n) is 10.1. The second kappa shape index (κ2) is 5.77. The molecule has 92 valence electrons. The largest absolute Gasteiger partial charge is 0.461 e. The second-order valence-corrected chi connectivity index (χ2v) is 4.19. The highest BCUT2D eigenvalue weighted by molar-refractivity contribution is 5.89. The molecule has 2 heterocycles. The van der Waals surface area contributed by atoms with E-state index in [0.717, 1.165) is 31.5 Å². The van der Waals surface area contributed by atoms with Crippen LogP contribution in [0.5, 0.6) is 0 Å². The normalized spacial score (nSPS) is 16.8. The fourth-order valence-electron chi connectivity index (χ4n) is 2.25. The van der Waals surface area contributed by atoms with Gasteiger partial charge in [-0.3, -0.25) is 0 Å². The van der Waals surface area contributed by atoms with Crippen LogP contribution in [0.2, 0.25) is 0 Å². The van der Waals surface area contributed by atoms with Gasteiger partial charge in [0, 0.05) is 6.20 Å². The van der Waals surface area contributed by atoms with Gasteiger partial charge in [0.05, 0.1) is 6.61 Å². The molecule has 1 aliphatic heterocycles. The predicted octanol–water partition coefficient (Wildman–Crippen LogP) is 1.73. The van der Waals surface area contributed by atoms with E-state index in [1.807, 2.05) is 19.1 Å². The van der Waals surface area contributed by atoms with Crippen molar-refractivity contribution in [3.05, 3.63) is 29.6 Å². The summed E-state index contributed by atoms with van der Waals surface area (Å²) in [6.45, 7) is 4.20. The van der Waals surface area contributed by atoms with Crippen molar-refractivity contribution in [3.63, 3.8) is 0 Å². The van der Waals surface area contributed by atoms with Gasteiger partial charge in [-0.25, -0.2) is 9.78 Å². The van der Waals surface area contributed by atoms with Gasteiger partial charge in [-0.15, -0.1) is 0 Å². The molecule has 1 N–H and O–H groups in total. The van der Waals surface area contributed by atoms with E-state index in [2.05, 4.69) is 10.3 Å². The number of piperidine rings is 1. The monoisotopic (exact) mass is 234 g/mol. The molecular formula is C13H18N2O2. The van der Waals surface area contributed by atoms with Crippen LogP contribution in [0.1, 0.15) is 41.7 Å². The molecule has 0 spiro atoms. The first-order valence-corrected chi connectivity index (χ1v) is 6.15. The summed E-state index contributed by atoms with van der Waals surface area (Å²) in [7, 11) is 0. The lowest BCUT2D eigenvalue weighted by atomic mass is 9.89. The van der Waals surface area contributed by atoms with Gasteiger partial charge in [0.2, 0.25) is 0 Å². The van der Waals surface area contributed by atoms with Crippen LogP contribution in [0.15, 0.2) is 18.3 Å². The number of carbonyl (C=O) groups is 1. The zero-order chi connectivity index (χ0) is 12.1. The van der Waals surface area contributed by atoms with Gasteiger partial charge in [0.15, 0.2) is 5.69 Å². The van der Waals surface area contributed by atoms with Crippen LogP contribution >= 0.6 is 0 Å². The van der Waals surface area contributed by atoms with Gasteiger partial charge in [-0.05, 0) is 50.4 Å². The summed E-state index contributed by atoms with van der Waals surface area (Å²) in [5.74, 6) is 0.117. The maximum Gasteiger partial charge on any atom is 0.357 e. The molecule has 4 nitrogen and oxygen atoms in total. The third kappa shape index (κ3) is 2.82. The molecule has 0 unspecified atom stereocenters. The first-order valence-electron chi connectivity index (χ1n) is 6.15. The summed E-state index contributed by atoms with van der Waals surface area (Å²) in [5.41, 5.74) is 1.52. The molecule has 0 atom stereocenters. The summed E-state index contributed by atoms with van der Waals surface area (Å²) < 4.78 is 5.04. The lowest BCUT2D eigenvalue weighted by Crippen LogP contribution is -2.27. The van der Waals surface area contributed by atoms with Crippen molar-refractivity contribution in [2.24, 2.45) is 0 Å². The average molecular weight is 234 g/mol. The zero-order valence-corrected chi connectivity index (χ0v) is 10.1. The molecule has 1 fully saturated rings. The van der Waals surface area contributed by atoms with Crippen LogP contribution in [0.25, 0.3) is 0 Å². The van der Waals surface area contributed by atoms with E-state index in [0.29, 0.717) is 18.2 Å². The molecule has 1 aromatic rings. The Labute approximate surface area is 101 Å². The third-order valence-electron chi connectivity index (χ3n) is 3.09. The first kappa shape index (κ1) is 12.0. The van der Waals surface area contributed by atoms with Crippen LogP contribution in [0.4, 0.5) is 0 Å². The smallest absolute Gasteiger partial charge is 0.357 e. The van der Waals surface area contributed by atoms with E-state index in [-0.39, 0.29) is 5.97 Å². The first-order chi connectivity index (χ1) is 8.33. The molecule has 0 saturated carbocycles. The number of esters is 1. The van der Waals surface area contributed by atoms with Crippen LogP contribution < -0.4 is 5.32 Å². The van der Waals surface area contributed by atoms with Gasteiger partial charge in [0.25, 0.3) is 0 Å². The van der Waals surface area contributed by atoms with E-state index in [9.17, 15) is 4.79 Å². The number of ether oxygens (including phenoxy) is 1. The number of nitrogens with one attached hydrogen (secondary N) is 1. The van der Waals surface area contributed by atoms with Crippen molar-refractivity contribution in [2.75, 3.05) is 19.7 Å². The average Bonchev–Trinajstić information content (AvgIpc) is 2.40. The van der Waals surface area contributed by atoms with Crippen molar-refractivity contribution in [3.8, 4) is 0 Å². The Morgan fingerprint density at radius 2 is 2.29 bits per heavy atom. The Bertz CT molecular complexity index is 387. The van der Waals surface area contributed by atoms with E-state index < -0.39 is 0 Å². The van der Waals surface area contributed by atoms with Crippen LogP contribution in [0.3, 0.4) is 0 Å². The number of nitrogens with zero attached hydrogens (tertiary/aromatic N) is 1. The van der Waals surface area contributed by atoms with Crippen LogP contribution in [-0.4, -0.2) is 30.6 Å². The Kier molecular flexibility index (Phi) is 4.09. The van der Waals surface area contributed by atoms with Crippen molar-refractivity contribution >= 4 is 5.97 Å². The lowest BCUT2D eigenvalue weighted by molar-refractivity contribution is 0.0517.